The molecule has 4 rings (SSSR count). The first kappa shape index (κ1) is 21.3. The minimum Gasteiger partial charge on any atom is -0.368 e. The van der Waals surface area contributed by atoms with Gasteiger partial charge in [-0.15, -0.1) is 0 Å². The molecule has 0 saturated carbocycles. The molecule has 164 valence electrons. The molecule has 0 radical (unpaired) electrons. The summed E-state index contributed by atoms with van der Waals surface area (Å²) in [6.07, 6.45) is 2.28. The average molecular weight is 421 g/mol. The second-order valence-corrected chi connectivity index (χ2v) is 8.51. The van der Waals surface area contributed by atoms with Gasteiger partial charge >= 0.3 is 0 Å². The highest BCUT2D eigenvalue weighted by Crippen LogP contribution is 2.30. The Morgan fingerprint density at radius 3 is 2.23 bits per heavy atom. The van der Waals surface area contributed by atoms with Crippen LogP contribution in [0.3, 0.4) is 0 Å². The van der Waals surface area contributed by atoms with Crippen LogP contribution in [-0.2, 0) is 4.79 Å². The molecule has 1 aromatic heterocycles. The van der Waals surface area contributed by atoms with Crippen molar-refractivity contribution in [1.82, 2.24) is 14.8 Å². The molecule has 2 aliphatic rings. The van der Waals surface area contributed by atoms with Crippen LogP contribution in [-0.4, -0.2) is 65.9 Å². The molecule has 1 aromatic carbocycles. The molecule has 0 N–H and O–H groups in total. The van der Waals surface area contributed by atoms with E-state index in [0.717, 1.165) is 56.0 Å². The summed E-state index contributed by atoms with van der Waals surface area (Å²) in [6.45, 7) is 8.47. The van der Waals surface area contributed by atoms with Crippen LogP contribution in [0.15, 0.2) is 42.5 Å². The maximum Gasteiger partial charge on any atom is 0.255 e. The molecule has 0 aliphatic carbocycles. The third kappa shape index (κ3) is 4.73. The third-order valence-electron chi connectivity index (χ3n) is 6.52. The zero-order chi connectivity index (χ0) is 21.8. The van der Waals surface area contributed by atoms with Gasteiger partial charge in [-0.25, -0.2) is 0 Å². The first-order valence-corrected chi connectivity index (χ1v) is 11.4. The van der Waals surface area contributed by atoms with Crippen LogP contribution >= 0.6 is 0 Å². The van der Waals surface area contributed by atoms with Crippen molar-refractivity contribution >= 4 is 17.5 Å². The lowest BCUT2D eigenvalue weighted by Crippen LogP contribution is -2.49. The zero-order valence-corrected chi connectivity index (χ0v) is 18.6. The van der Waals surface area contributed by atoms with E-state index in [1.807, 2.05) is 41.8 Å². The first-order valence-electron chi connectivity index (χ1n) is 11.4. The highest BCUT2D eigenvalue weighted by molar-refractivity contribution is 5.95. The molecular weight excluding hydrogens is 388 g/mol. The summed E-state index contributed by atoms with van der Waals surface area (Å²) in [5, 5.41) is 0. The van der Waals surface area contributed by atoms with Gasteiger partial charge in [0.25, 0.3) is 5.91 Å². The Morgan fingerprint density at radius 1 is 0.903 bits per heavy atom. The number of hydrogen-bond donors (Lipinski definition) is 0. The number of amides is 2. The van der Waals surface area contributed by atoms with Crippen LogP contribution in [0.2, 0.25) is 0 Å². The van der Waals surface area contributed by atoms with Crippen LogP contribution in [0, 0.1) is 6.92 Å². The lowest BCUT2D eigenvalue weighted by atomic mass is 9.89. The van der Waals surface area contributed by atoms with E-state index in [4.69, 9.17) is 4.98 Å². The smallest absolute Gasteiger partial charge is 0.255 e. The highest BCUT2D eigenvalue weighted by Gasteiger charge is 2.30. The van der Waals surface area contributed by atoms with Crippen molar-refractivity contribution in [3.8, 4) is 0 Å². The van der Waals surface area contributed by atoms with Crippen LogP contribution in [0.1, 0.15) is 53.8 Å². The quantitative estimate of drug-likeness (QED) is 0.760. The van der Waals surface area contributed by atoms with E-state index in [1.165, 1.54) is 5.69 Å². The largest absolute Gasteiger partial charge is 0.368 e. The van der Waals surface area contributed by atoms with Gasteiger partial charge in [0.05, 0.1) is 11.3 Å². The molecule has 31 heavy (non-hydrogen) atoms. The maximum atomic E-state index is 13.4. The predicted molar refractivity (Wildman–Crippen MR) is 122 cm³/mol. The van der Waals surface area contributed by atoms with Crippen molar-refractivity contribution in [3.63, 3.8) is 0 Å². The number of anilines is 1. The zero-order valence-electron chi connectivity index (χ0n) is 18.6. The van der Waals surface area contributed by atoms with Gasteiger partial charge in [-0.1, -0.05) is 25.1 Å². The SMILES string of the molecule is CCC(=O)N1CCC(c2nc(C)ccc2C(=O)N2CCN(c3ccccc3)CC2)CC1. The average Bonchev–Trinajstić information content (AvgIpc) is 2.84. The fourth-order valence-electron chi connectivity index (χ4n) is 4.67. The maximum absolute atomic E-state index is 13.4. The molecule has 2 fully saturated rings. The molecule has 2 aromatic rings. The lowest BCUT2D eigenvalue weighted by molar-refractivity contribution is -0.131. The van der Waals surface area contributed by atoms with Crippen molar-refractivity contribution < 1.29 is 9.59 Å². The number of aryl methyl sites for hydroxylation is 1. The van der Waals surface area contributed by atoms with E-state index < -0.39 is 0 Å². The van der Waals surface area contributed by atoms with E-state index in [9.17, 15) is 9.59 Å². The number of benzene rings is 1. The Morgan fingerprint density at radius 2 is 1.58 bits per heavy atom. The summed E-state index contributed by atoms with van der Waals surface area (Å²) in [6, 6.07) is 14.3. The minimum atomic E-state index is 0.0854. The summed E-state index contributed by atoms with van der Waals surface area (Å²) < 4.78 is 0. The molecule has 2 amide bonds. The van der Waals surface area contributed by atoms with Gasteiger partial charge in [0.15, 0.2) is 0 Å². The van der Waals surface area contributed by atoms with Crippen LogP contribution in [0.25, 0.3) is 0 Å². The standard InChI is InChI=1S/C25H32N4O2/c1-3-23(30)28-13-11-20(12-14-28)24-22(10-9-19(2)26-24)25(31)29-17-15-27(16-18-29)21-7-5-4-6-8-21/h4-10,20H,3,11-18H2,1-2H3. The summed E-state index contributed by atoms with van der Waals surface area (Å²) in [7, 11) is 0. The van der Waals surface area contributed by atoms with Gasteiger partial charge in [-0.2, -0.15) is 0 Å². The summed E-state index contributed by atoms with van der Waals surface area (Å²) in [5.41, 5.74) is 3.80. The highest BCUT2D eigenvalue weighted by atomic mass is 16.2. The number of piperidine rings is 1. The topological polar surface area (TPSA) is 56.8 Å². The number of nitrogens with zero attached hydrogens (tertiary/aromatic N) is 4. The molecule has 0 bridgehead atoms. The van der Waals surface area contributed by atoms with Crippen molar-refractivity contribution in [2.45, 2.75) is 39.0 Å². The van der Waals surface area contributed by atoms with Gasteiger partial charge in [-0.05, 0) is 44.0 Å². The molecular formula is C25H32N4O2. The second-order valence-electron chi connectivity index (χ2n) is 8.51. The van der Waals surface area contributed by atoms with Crippen molar-refractivity contribution in [1.29, 1.82) is 0 Å². The Kier molecular flexibility index (Phi) is 6.54. The number of carbonyl (C=O) groups excluding carboxylic acids is 2. The summed E-state index contributed by atoms with van der Waals surface area (Å²) in [5.74, 6) is 0.524. The van der Waals surface area contributed by atoms with Crippen LogP contribution in [0.5, 0.6) is 0 Å². The van der Waals surface area contributed by atoms with E-state index >= 15 is 0 Å². The molecule has 2 aliphatic heterocycles. The number of carbonyl (C=O) groups is 2. The Balaban J connectivity index is 1.45. The molecule has 6 heteroatoms. The number of likely N-dealkylation sites (tertiary alicyclic amines) is 1. The third-order valence-corrected chi connectivity index (χ3v) is 6.52. The number of para-hydroxylation sites is 1. The van der Waals surface area contributed by atoms with E-state index in [1.54, 1.807) is 0 Å². The molecule has 2 saturated heterocycles. The molecule has 0 atom stereocenters. The van der Waals surface area contributed by atoms with Gasteiger partial charge < -0.3 is 14.7 Å². The first-order chi connectivity index (χ1) is 15.1. The lowest BCUT2D eigenvalue weighted by Gasteiger charge is -2.37. The number of pyridine rings is 1. The van der Waals surface area contributed by atoms with Crippen molar-refractivity contribution in [2.24, 2.45) is 0 Å². The number of aromatic nitrogens is 1. The second kappa shape index (κ2) is 9.50. The van der Waals surface area contributed by atoms with Crippen LogP contribution < -0.4 is 4.90 Å². The van der Waals surface area contributed by atoms with Crippen molar-refractivity contribution in [2.75, 3.05) is 44.2 Å². The van der Waals surface area contributed by atoms with Gasteiger partial charge in [-0.3, -0.25) is 14.6 Å². The van der Waals surface area contributed by atoms with Crippen LogP contribution in [0.4, 0.5) is 5.69 Å². The Bertz CT molecular complexity index is 914. The number of hydrogen-bond acceptors (Lipinski definition) is 4. The molecule has 3 heterocycles. The van der Waals surface area contributed by atoms with E-state index in [0.29, 0.717) is 19.5 Å². The fraction of sp³-hybridized carbons (Fsp3) is 0.480. The van der Waals surface area contributed by atoms with Gasteiger partial charge in [0, 0.05) is 63.0 Å². The molecule has 0 spiro atoms. The van der Waals surface area contributed by atoms with Crippen molar-refractivity contribution in [3.05, 3.63) is 59.4 Å². The van der Waals surface area contributed by atoms with E-state index in [2.05, 4.69) is 29.2 Å². The van der Waals surface area contributed by atoms with E-state index in [-0.39, 0.29) is 17.7 Å². The van der Waals surface area contributed by atoms with Gasteiger partial charge in [0.2, 0.25) is 5.91 Å². The Labute approximate surface area is 184 Å². The minimum absolute atomic E-state index is 0.0854. The summed E-state index contributed by atoms with van der Waals surface area (Å²) in [4.78, 5) is 36.5. The predicted octanol–water partition coefficient (Wildman–Crippen LogP) is 3.47. The molecule has 0 unspecified atom stereocenters. The number of rotatable bonds is 4. The monoisotopic (exact) mass is 420 g/mol. The molecule has 6 nitrogen and oxygen atoms in total. The Hall–Kier alpha value is -2.89. The van der Waals surface area contributed by atoms with Gasteiger partial charge in [0.1, 0.15) is 0 Å². The normalized spacial score (nSPS) is 17.7. The fourth-order valence-corrected chi connectivity index (χ4v) is 4.67. The summed E-state index contributed by atoms with van der Waals surface area (Å²) >= 11 is 0. The number of piperazine rings is 1.